The Balaban J connectivity index is 1.39. The number of likely N-dealkylation sites (tertiary alicyclic amines) is 1. The van der Waals surface area contributed by atoms with Crippen LogP contribution in [0.1, 0.15) is 18.9 Å². The van der Waals surface area contributed by atoms with Crippen LogP contribution in [0.3, 0.4) is 0 Å². The summed E-state index contributed by atoms with van der Waals surface area (Å²) in [6, 6.07) is 11.3. The van der Waals surface area contributed by atoms with E-state index in [4.69, 9.17) is 16.3 Å². The van der Waals surface area contributed by atoms with Crippen LogP contribution in [-0.4, -0.2) is 44.2 Å². The fraction of sp³-hybridized carbons (Fsp3) is 0.227. The number of piperidine rings is 1. The molecule has 1 fully saturated rings. The Labute approximate surface area is 185 Å². The normalized spacial score (nSPS) is 17.4. The lowest BCUT2D eigenvalue weighted by atomic mass is 9.91. The van der Waals surface area contributed by atoms with Crippen molar-refractivity contribution in [3.05, 3.63) is 71.1 Å². The number of carbonyl (C=O) groups excluding carboxylic acids is 1. The molecule has 0 radical (unpaired) electrons. The maximum atomic E-state index is 12.5. The Bertz CT molecular complexity index is 1070. The van der Waals surface area contributed by atoms with Crippen molar-refractivity contribution >= 4 is 29.5 Å². The Kier molecular flexibility index (Phi) is 6.37. The smallest absolute Gasteiger partial charge is 0.323 e. The number of rotatable bonds is 4. The molecular formula is C22H21ClN6O2. The van der Waals surface area contributed by atoms with E-state index in [1.54, 1.807) is 23.2 Å². The first-order chi connectivity index (χ1) is 15.1. The zero-order chi connectivity index (χ0) is 21.6. The van der Waals surface area contributed by atoms with E-state index >= 15 is 0 Å². The topological polar surface area (TPSA) is 93.1 Å². The van der Waals surface area contributed by atoms with Gasteiger partial charge in [-0.1, -0.05) is 42.3 Å². The summed E-state index contributed by atoms with van der Waals surface area (Å²) < 4.78 is 5.71. The zero-order valence-electron chi connectivity index (χ0n) is 16.9. The molecule has 2 amide bonds. The third-order valence-electron chi connectivity index (χ3n) is 4.91. The highest BCUT2D eigenvalue weighted by molar-refractivity contribution is 6.30. The minimum Gasteiger partial charge on any atom is -0.424 e. The van der Waals surface area contributed by atoms with Crippen molar-refractivity contribution in [3.8, 4) is 11.8 Å². The van der Waals surface area contributed by atoms with Crippen LogP contribution in [0.15, 0.2) is 60.6 Å². The highest BCUT2D eigenvalue weighted by Gasteiger charge is 2.24. The maximum absolute atomic E-state index is 12.5. The molecule has 3 aromatic rings. The number of nitrogens with one attached hydrogen (secondary N) is 1. The van der Waals surface area contributed by atoms with E-state index in [1.165, 1.54) is 18.0 Å². The number of urea groups is 1. The summed E-state index contributed by atoms with van der Waals surface area (Å²) in [6.45, 7) is 3.39. The molecule has 0 aliphatic carbocycles. The SMILES string of the molecule is CC1CN(C(=O)Nc2cccnn2)CC/C1=C\c1cccc(Oc2ncc(Cl)cn2)c1. The van der Waals surface area contributed by atoms with Gasteiger partial charge in [-0.15, -0.1) is 5.10 Å². The lowest BCUT2D eigenvalue weighted by molar-refractivity contribution is 0.197. The molecule has 31 heavy (non-hydrogen) atoms. The van der Waals surface area contributed by atoms with Crippen molar-refractivity contribution in [1.29, 1.82) is 0 Å². The number of aromatic nitrogens is 4. The predicted octanol–water partition coefficient (Wildman–Crippen LogP) is 4.67. The standard InChI is InChI=1S/C22H21ClN6O2/c1-15-14-29(22(30)27-20-6-3-8-26-28-20)9-7-17(15)10-16-4-2-5-19(11-16)31-21-24-12-18(23)13-25-21/h2-6,8,10-13,15H,7,9,14H2,1H3,(H,27,28,30)/b17-10+. The van der Waals surface area contributed by atoms with Crippen LogP contribution in [0.4, 0.5) is 10.6 Å². The minimum atomic E-state index is -0.162. The van der Waals surface area contributed by atoms with Gasteiger partial charge in [0.15, 0.2) is 5.82 Å². The lowest BCUT2D eigenvalue weighted by Gasteiger charge is -2.33. The average molecular weight is 437 g/mol. The number of ether oxygens (including phenoxy) is 1. The Morgan fingerprint density at radius 3 is 2.84 bits per heavy atom. The van der Waals surface area contributed by atoms with Crippen LogP contribution in [0.5, 0.6) is 11.8 Å². The average Bonchev–Trinajstić information content (AvgIpc) is 2.78. The fourth-order valence-electron chi connectivity index (χ4n) is 3.35. The van der Waals surface area contributed by atoms with Gasteiger partial charge in [0, 0.05) is 19.3 Å². The Hall–Kier alpha value is -3.52. The lowest BCUT2D eigenvalue weighted by Crippen LogP contribution is -2.42. The highest BCUT2D eigenvalue weighted by atomic mass is 35.5. The van der Waals surface area contributed by atoms with E-state index in [2.05, 4.69) is 38.5 Å². The summed E-state index contributed by atoms with van der Waals surface area (Å²) >= 11 is 5.81. The molecule has 158 valence electrons. The van der Waals surface area contributed by atoms with Gasteiger partial charge >= 0.3 is 12.0 Å². The van der Waals surface area contributed by atoms with E-state index in [9.17, 15) is 4.79 Å². The van der Waals surface area contributed by atoms with E-state index in [1.807, 2.05) is 24.3 Å². The maximum Gasteiger partial charge on any atom is 0.323 e. The van der Waals surface area contributed by atoms with Gasteiger partial charge in [0.25, 0.3) is 0 Å². The first-order valence-electron chi connectivity index (χ1n) is 9.86. The molecule has 0 saturated carbocycles. The Morgan fingerprint density at radius 2 is 2.10 bits per heavy atom. The molecule has 1 saturated heterocycles. The number of carbonyl (C=O) groups is 1. The number of nitrogens with zero attached hydrogens (tertiary/aromatic N) is 5. The summed E-state index contributed by atoms with van der Waals surface area (Å²) in [5.41, 5.74) is 2.30. The number of benzene rings is 1. The monoisotopic (exact) mass is 436 g/mol. The molecule has 1 aliphatic rings. The highest BCUT2D eigenvalue weighted by Crippen LogP contribution is 2.27. The van der Waals surface area contributed by atoms with Crippen molar-refractivity contribution in [1.82, 2.24) is 25.1 Å². The van der Waals surface area contributed by atoms with Gasteiger partial charge in [-0.05, 0) is 42.2 Å². The van der Waals surface area contributed by atoms with Crippen LogP contribution in [0, 0.1) is 5.92 Å². The van der Waals surface area contributed by atoms with Gasteiger partial charge in [-0.3, -0.25) is 5.32 Å². The van der Waals surface area contributed by atoms with E-state index < -0.39 is 0 Å². The van der Waals surface area contributed by atoms with Gasteiger partial charge in [-0.25, -0.2) is 14.8 Å². The second kappa shape index (κ2) is 9.53. The van der Waals surface area contributed by atoms with Crippen molar-refractivity contribution < 1.29 is 9.53 Å². The molecule has 1 N–H and O–H groups in total. The number of halogens is 1. The summed E-state index contributed by atoms with van der Waals surface area (Å²) in [6.07, 6.45) is 7.49. The quantitative estimate of drug-likeness (QED) is 0.638. The van der Waals surface area contributed by atoms with E-state index in [0.29, 0.717) is 29.7 Å². The van der Waals surface area contributed by atoms with Gasteiger partial charge in [0.1, 0.15) is 5.75 Å². The summed E-state index contributed by atoms with van der Waals surface area (Å²) in [4.78, 5) is 22.4. The predicted molar refractivity (Wildman–Crippen MR) is 118 cm³/mol. The summed E-state index contributed by atoms with van der Waals surface area (Å²) in [5, 5.41) is 10.9. The van der Waals surface area contributed by atoms with E-state index in [-0.39, 0.29) is 18.0 Å². The molecule has 9 heteroatoms. The van der Waals surface area contributed by atoms with Gasteiger partial charge in [0.05, 0.1) is 17.4 Å². The van der Waals surface area contributed by atoms with Crippen LogP contribution < -0.4 is 10.1 Å². The van der Waals surface area contributed by atoms with Gasteiger partial charge < -0.3 is 9.64 Å². The van der Waals surface area contributed by atoms with Gasteiger partial charge in [0.2, 0.25) is 0 Å². The molecule has 1 atom stereocenters. The second-order valence-corrected chi connectivity index (χ2v) is 7.65. The van der Waals surface area contributed by atoms with Crippen molar-refractivity contribution in [3.63, 3.8) is 0 Å². The van der Waals surface area contributed by atoms with Crippen LogP contribution >= 0.6 is 11.6 Å². The first kappa shape index (κ1) is 20.7. The van der Waals surface area contributed by atoms with Gasteiger partial charge in [-0.2, -0.15) is 5.10 Å². The number of anilines is 1. The molecule has 2 aromatic heterocycles. The molecule has 4 rings (SSSR count). The largest absolute Gasteiger partial charge is 0.424 e. The van der Waals surface area contributed by atoms with Crippen molar-refractivity contribution in [2.24, 2.45) is 5.92 Å². The minimum absolute atomic E-state index is 0.162. The second-order valence-electron chi connectivity index (χ2n) is 7.21. The molecule has 8 nitrogen and oxygen atoms in total. The summed E-state index contributed by atoms with van der Waals surface area (Å²) in [5.74, 6) is 1.32. The third kappa shape index (κ3) is 5.55. The third-order valence-corrected chi connectivity index (χ3v) is 5.10. The van der Waals surface area contributed by atoms with Crippen molar-refractivity contribution in [2.45, 2.75) is 13.3 Å². The number of hydrogen-bond acceptors (Lipinski definition) is 6. The molecule has 0 bridgehead atoms. The number of hydrogen-bond donors (Lipinski definition) is 1. The first-order valence-corrected chi connectivity index (χ1v) is 10.2. The molecule has 1 aromatic carbocycles. The summed E-state index contributed by atoms with van der Waals surface area (Å²) in [7, 11) is 0. The van der Waals surface area contributed by atoms with Crippen molar-refractivity contribution in [2.75, 3.05) is 18.4 Å². The Morgan fingerprint density at radius 1 is 1.26 bits per heavy atom. The van der Waals surface area contributed by atoms with Crippen LogP contribution in [-0.2, 0) is 0 Å². The fourth-order valence-corrected chi connectivity index (χ4v) is 3.44. The molecule has 1 aliphatic heterocycles. The molecule has 0 spiro atoms. The molecule has 1 unspecified atom stereocenters. The van der Waals surface area contributed by atoms with Crippen LogP contribution in [0.2, 0.25) is 5.02 Å². The molecule has 3 heterocycles. The molecular weight excluding hydrogens is 416 g/mol. The van der Waals surface area contributed by atoms with Crippen LogP contribution in [0.25, 0.3) is 6.08 Å². The zero-order valence-corrected chi connectivity index (χ0v) is 17.7. The number of amides is 2. The van der Waals surface area contributed by atoms with E-state index in [0.717, 1.165) is 12.0 Å².